The van der Waals surface area contributed by atoms with Gasteiger partial charge in [-0.05, 0) is 62.1 Å². The third kappa shape index (κ3) is 8.16. The maximum Gasteiger partial charge on any atom is 0.264 e. The number of sulfonamides is 1. The van der Waals surface area contributed by atoms with Gasteiger partial charge in [-0.1, -0.05) is 75.2 Å². The molecule has 0 saturated carbocycles. The fourth-order valence-electron chi connectivity index (χ4n) is 4.32. The maximum atomic E-state index is 14.7. The van der Waals surface area contributed by atoms with Crippen LogP contribution in [0.2, 0.25) is 0 Å². The Morgan fingerprint density at radius 1 is 0.927 bits per heavy atom. The number of aryl methyl sites for hydroxylation is 1. The molecule has 0 unspecified atom stereocenters. The molecule has 0 aliphatic rings. The van der Waals surface area contributed by atoms with Crippen molar-refractivity contribution in [3.63, 3.8) is 0 Å². The summed E-state index contributed by atoms with van der Waals surface area (Å²) >= 11 is 0. The molecule has 7 nitrogen and oxygen atoms in total. The summed E-state index contributed by atoms with van der Waals surface area (Å²) in [5.74, 6) is -1.30. The minimum absolute atomic E-state index is 0.0369. The normalized spacial score (nSPS) is 12.2. The van der Waals surface area contributed by atoms with Crippen molar-refractivity contribution >= 4 is 27.5 Å². The van der Waals surface area contributed by atoms with E-state index in [2.05, 4.69) is 5.32 Å². The second-order valence-corrected chi connectivity index (χ2v) is 12.4. The van der Waals surface area contributed by atoms with Crippen molar-refractivity contribution in [3.8, 4) is 0 Å². The van der Waals surface area contributed by atoms with Crippen molar-refractivity contribution in [3.05, 3.63) is 95.3 Å². The van der Waals surface area contributed by atoms with Crippen LogP contribution in [-0.4, -0.2) is 44.3 Å². The van der Waals surface area contributed by atoms with E-state index in [0.29, 0.717) is 12.2 Å². The zero-order chi connectivity index (χ0) is 30.2. The lowest BCUT2D eigenvalue weighted by Crippen LogP contribution is -2.51. The molecule has 3 aromatic rings. The average Bonchev–Trinajstić information content (AvgIpc) is 2.95. The first-order valence-electron chi connectivity index (χ1n) is 14.0. The topological polar surface area (TPSA) is 86.8 Å². The minimum Gasteiger partial charge on any atom is -0.354 e. The molecular weight excluding hydrogens is 541 g/mol. The molecule has 0 fully saturated rings. The third-order valence-electron chi connectivity index (χ3n) is 7.03. The molecule has 0 aliphatic carbocycles. The smallest absolute Gasteiger partial charge is 0.264 e. The van der Waals surface area contributed by atoms with Crippen molar-refractivity contribution in [2.24, 2.45) is 0 Å². The molecule has 220 valence electrons. The van der Waals surface area contributed by atoms with Crippen LogP contribution in [0.4, 0.5) is 10.1 Å². The fourth-order valence-corrected chi connectivity index (χ4v) is 5.73. The number of carbonyl (C=O) groups excluding carboxylic acids is 2. The summed E-state index contributed by atoms with van der Waals surface area (Å²) in [6.07, 6.45) is 1.66. The van der Waals surface area contributed by atoms with Crippen molar-refractivity contribution in [2.75, 3.05) is 17.4 Å². The Bertz CT molecular complexity index is 1420. The summed E-state index contributed by atoms with van der Waals surface area (Å²) in [7, 11) is -4.17. The molecule has 2 amide bonds. The van der Waals surface area contributed by atoms with E-state index >= 15 is 0 Å². The highest BCUT2D eigenvalue weighted by molar-refractivity contribution is 7.92. The Morgan fingerprint density at radius 3 is 2.15 bits per heavy atom. The van der Waals surface area contributed by atoms with Gasteiger partial charge in [0.25, 0.3) is 10.0 Å². The molecule has 0 spiro atoms. The minimum atomic E-state index is -4.17. The summed E-state index contributed by atoms with van der Waals surface area (Å²) < 4.78 is 43.6. The lowest BCUT2D eigenvalue weighted by atomic mass is 10.0. The van der Waals surface area contributed by atoms with Crippen molar-refractivity contribution < 1.29 is 22.4 Å². The summed E-state index contributed by atoms with van der Waals surface area (Å²) in [6, 6.07) is 18.5. The highest BCUT2D eigenvalue weighted by Gasteiger charge is 2.32. The molecule has 0 bridgehead atoms. The zero-order valence-electron chi connectivity index (χ0n) is 24.4. The number of hydrogen-bond acceptors (Lipinski definition) is 4. The number of anilines is 1. The Kier molecular flexibility index (Phi) is 11.1. The molecule has 9 heteroatoms. The molecule has 0 aliphatic heterocycles. The van der Waals surface area contributed by atoms with Gasteiger partial charge >= 0.3 is 0 Å². The second-order valence-electron chi connectivity index (χ2n) is 10.5. The van der Waals surface area contributed by atoms with Crippen LogP contribution in [0.25, 0.3) is 0 Å². The summed E-state index contributed by atoms with van der Waals surface area (Å²) in [4.78, 5) is 28.2. The first kappa shape index (κ1) is 31.8. The summed E-state index contributed by atoms with van der Waals surface area (Å²) in [5.41, 5.74) is 2.45. The van der Waals surface area contributed by atoms with E-state index in [1.165, 1.54) is 23.1 Å². The molecule has 1 atom stereocenters. The number of benzene rings is 3. The predicted octanol–water partition coefficient (Wildman–Crippen LogP) is 5.79. The number of carbonyl (C=O) groups is 2. The molecule has 3 rings (SSSR count). The van der Waals surface area contributed by atoms with Gasteiger partial charge < -0.3 is 10.2 Å². The van der Waals surface area contributed by atoms with Crippen molar-refractivity contribution in [2.45, 2.75) is 70.9 Å². The van der Waals surface area contributed by atoms with Crippen LogP contribution in [0.15, 0.2) is 77.7 Å². The van der Waals surface area contributed by atoms with Gasteiger partial charge in [0.2, 0.25) is 11.8 Å². The van der Waals surface area contributed by atoms with Crippen LogP contribution >= 0.6 is 0 Å². The first-order valence-corrected chi connectivity index (χ1v) is 15.4. The summed E-state index contributed by atoms with van der Waals surface area (Å²) in [5, 5.41) is 2.82. The highest BCUT2D eigenvalue weighted by atomic mass is 32.2. The SMILES string of the molecule is CCCCNC(=O)[C@H](C)N(Cc1ccccc1F)C(=O)CN(c1ccc(C(C)C)cc1)S(=O)(=O)c1ccc(C)cc1. The molecule has 0 aromatic heterocycles. The zero-order valence-corrected chi connectivity index (χ0v) is 25.2. The van der Waals surface area contributed by atoms with Gasteiger partial charge in [-0.15, -0.1) is 0 Å². The number of hydrogen-bond donors (Lipinski definition) is 1. The van der Waals surface area contributed by atoms with Crippen LogP contribution in [0.1, 0.15) is 63.1 Å². The Labute approximate surface area is 243 Å². The lowest BCUT2D eigenvalue weighted by molar-refractivity contribution is -0.139. The van der Waals surface area contributed by atoms with Crippen LogP contribution in [0, 0.1) is 12.7 Å². The van der Waals surface area contributed by atoms with E-state index in [9.17, 15) is 22.4 Å². The molecule has 0 saturated heterocycles. The number of unbranched alkanes of at least 4 members (excludes halogenated alkanes) is 1. The van der Waals surface area contributed by atoms with E-state index in [0.717, 1.165) is 28.3 Å². The van der Waals surface area contributed by atoms with Gasteiger partial charge in [0.1, 0.15) is 18.4 Å². The maximum absolute atomic E-state index is 14.7. The van der Waals surface area contributed by atoms with Gasteiger partial charge in [-0.25, -0.2) is 12.8 Å². The molecular formula is C32H40FN3O4S. The monoisotopic (exact) mass is 581 g/mol. The highest BCUT2D eigenvalue weighted by Crippen LogP contribution is 2.27. The van der Waals surface area contributed by atoms with Crippen LogP contribution < -0.4 is 9.62 Å². The van der Waals surface area contributed by atoms with Crippen molar-refractivity contribution in [1.29, 1.82) is 0 Å². The number of nitrogens with one attached hydrogen (secondary N) is 1. The Morgan fingerprint density at radius 2 is 1.56 bits per heavy atom. The molecule has 3 aromatic carbocycles. The van der Waals surface area contributed by atoms with E-state index in [-0.39, 0.29) is 22.9 Å². The number of amides is 2. The van der Waals surface area contributed by atoms with Gasteiger partial charge in [0.05, 0.1) is 10.6 Å². The molecule has 0 radical (unpaired) electrons. The van der Waals surface area contributed by atoms with E-state index in [1.54, 1.807) is 49.4 Å². The predicted molar refractivity (Wildman–Crippen MR) is 161 cm³/mol. The Balaban J connectivity index is 2.03. The van der Waals surface area contributed by atoms with Crippen LogP contribution in [0.5, 0.6) is 0 Å². The summed E-state index contributed by atoms with van der Waals surface area (Å²) in [6.45, 7) is 9.17. The average molecular weight is 582 g/mol. The number of halogens is 1. The van der Waals surface area contributed by atoms with Gasteiger partial charge in [-0.2, -0.15) is 0 Å². The standard InChI is InChI=1S/C32H40FN3O4S/c1-6-7-20-34-32(38)25(5)35(21-27-10-8-9-11-30(27)33)31(37)22-36(28-16-14-26(15-17-28)23(2)3)41(39,40)29-18-12-24(4)13-19-29/h8-19,23,25H,6-7,20-22H2,1-5H3,(H,34,38)/t25-/m0/s1. The lowest BCUT2D eigenvalue weighted by Gasteiger charge is -2.32. The van der Waals surface area contributed by atoms with Crippen molar-refractivity contribution in [1.82, 2.24) is 10.2 Å². The molecule has 0 heterocycles. The van der Waals surface area contributed by atoms with E-state index < -0.39 is 40.2 Å². The molecule has 1 N–H and O–H groups in total. The van der Waals surface area contributed by atoms with Gasteiger partial charge in [0, 0.05) is 18.7 Å². The fraction of sp³-hybridized carbons (Fsp3) is 0.375. The largest absolute Gasteiger partial charge is 0.354 e. The van der Waals surface area contributed by atoms with E-state index in [1.807, 2.05) is 39.8 Å². The van der Waals surface area contributed by atoms with Crippen LogP contribution in [0.3, 0.4) is 0 Å². The second kappa shape index (κ2) is 14.3. The van der Waals surface area contributed by atoms with Gasteiger partial charge in [-0.3, -0.25) is 13.9 Å². The quantitative estimate of drug-likeness (QED) is 0.259. The Hall–Kier alpha value is -3.72. The first-order chi connectivity index (χ1) is 19.4. The number of nitrogens with zero attached hydrogens (tertiary/aromatic N) is 2. The molecule has 41 heavy (non-hydrogen) atoms. The van der Waals surface area contributed by atoms with Crippen LogP contribution in [-0.2, 0) is 26.2 Å². The van der Waals surface area contributed by atoms with E-state index in [4.69, 9.17) is 0 Å². The number of rotatable bonds is 13. The third-order valence-corrected chi connectivity index (χ3v) is 8.82. The van der Waals surface area contributed by atoms with Gasteiger partial charge in [0.15, 0.2) is 0 Å².